The maximum Gasteiger partial charge on any atom is 0.362 e. The van der Waals surface area contributed by atoms with E-state index in [9.17, 15) is 19.5 Å². The van der Waals surface area contributed by atoms with Crippen molar-refractivity contribution in [3.05, 3.63) is 72.9 Å². The summed E-state index contributed by atoms with van der Waals surface area (Å²) in [5.41, 5.74) is 0. The number of quaternary nitrogens is 1. The predicted molar refractivity (Wildman–Crippen MR) is 243 cm³/mol. The second kappa shape index (κ2) is 40.5. The van der Waals surface area contributed by atoms with Crippen molar-refractivity contribution in [2.24, 2.45) is 0 Å². The second-order valence-electron chi connectivity index (χ2n) is 16.3. The van der Waals surface area contributed by atoms with Gasteiger partial charge in [-0.1, -0.05) is 145 Å². The third-order valence-electron chi connectivity index (χ3n) is 9.84. The van der Waals surface area contributed by atoms with Crippen molar-refractivity contribution in [1.82, 2.24) is 0 Å². The van der Waals surface area contributed by atoms with E-state index in [4.69, 9.17) is 14.2 Å². The highest BCUT2D eigenvalue weighted by molar-refractivity contribution is 5.72. The van der Waals surface area contributed by atoms with E-state index < -0.39 is 18.1 Å². The minimum absolute atomic E-state index is 0.0454. The minimum Gasteiger partial charge on any atom is -0.477 e. The number of hydrogen-bond acceptors (Lipinski definition) is 6. The minimum atomic E-state index is -0.883. The molecule has 0 radical (unpaired) electrons. The van der Waals surface area contributed by atoms with E-state index in [2.05, 4.69) is 86.8 Å². The van der Waals surface area contributed by atoms with Gasteiger partial charge in [0.15, 0.2) is 12.1 Å². The van der Waals surface area contributed by atoms with Gasteiger partial charge in [0.1, 0.15) is 6.61 Å². The Morgan fingerprint density at radius 1 is 0.534 bits per heavy atom. The molecule has 1 N–H and O–H groups in total. The number of nitrogens with zero attached hydrogens (tertiary/aromatic N) is 1. The van der Waals surface area contributed by atoms with Crippen LogP contribution in [0, 0.1) is 0 Å². The van der Waals surface area contributed by atoms with E-state index in [1.54, 1.807) is 0 Å². The number of hydrogen-bond donors (Lipinski definition) is 1. The van der Waals surface area contributed by atoms with Crippen LogP contribution in [-0.4, -0.2) is 80.6 Å². The Kier molecular flexibility index (Phi) is 38.3. The van der Waals surface area contributed by atoms with Gasteiger partial charge in [0.2, 0.25) is 0 Å². The molecule has 0 aliphatic rings. The molecule has 0 aliphatic heterocycles. The van der Waals surface area contributed by atoms with Crippen LogP contribution in [0.1, 0.15) is 174 Å². The molecule has 0 fully saturated rings. The van der Waals surface area contributed by atoms with Gasteiger partial charge in [0.05, 0.1) is 34.4 Å². The molecule has 0 aliphatic carbocycles. The first-order valence-corrected chi connectivity index (χ1v) is 23.0. The lowest BCUT2D eigenvalue weighted by Gasteiger charge is -2.31. The zero-order chi connectivity index (χ0) is 42.8. The summed E-state index contributed by atoms with van der Waals surface area (Å²) >= 11 is 0. The molecule has 0 rings (SSSR count). The fourth-order valence-corrected chi connectivity index (χ4v) is 6.29. The number of esters is 2. The normalized spacial score (nSPS) is 13.6. The van der Waals surface area contributed by atoms with Crippen LogP contribution in [0.5, 0.6) is 0 Å². The average molecular weight is 813 g/mol. The fraction of sp³-hybridized carbons (Fsp3) is 0.700. The molecule has 0 spiro atoms. The molecule has 0 aromatic rings. The molecule has 0 bridgehead atoms. The molecule has 2 unspecified atom stereocenters. The van der Waals surface area contributed by atoms with Crippen LogP contribution in [0.3, 0.4) is 0 Å². The number of carboxylic acids is 1. The van der Waals surface area contributed by atoms with E-state index in [0.717, 1.165) is 77.0 Å². The van der Waals surface area contributed by atoms with Crippen LogP contribution < -0.4 is 0 Å². The molecule has 0 aromatic heterocycles. The highest BCUT2D eigenvalue weighted by atomic mass is 16.6. The maximum atomic E-state index is 12.7. The van der Waals surface area contributed by atoms with Gasteiger partial charge in [-0.15, -0.1) is 0 Å². The molecule has 0 heterocycles. The van der Waals surface area contributed by atoms with Gasteiger partial charge >= 0.3 is 17.9 Å². The first-order valence-electron chi connectivity index (χ1n) is 23.0. The Morgan fingerprint density at radius 2 is 0.966 bits per heavy atom. The maximum absolute atomic E-state index is 12.7. The zero-order valence-electron chi connectivity index (χ0n) is 37.7. The number of carboxylic acid groups (broad SMARTS) is 1. The summed E-state index contributed by atoms with van der Waals surface area (Å²) in [5.74, 6) is -1.52. The SMILES string of the molecule is CC/C=C/C/C=C/C/C=C/C/C=C/C/C=C/CCCCCC(=O)OCC(COCCC(C(=O)O)[N+](C)(C)C)OC(=O)CCCCCCCCC/C=C/CCCCCC. The Morgan fingerprint density at radius 3 is 1.47 bits per heavy atom. The van der Waals surface area contributed by atoms with Crippen molar-refractivity contribution >= 4 is 17.9 Å². The van der Waals surface area contributed by atoms with Crippen LogP contribution in [0.25, 0.3) is 0 Å². The highest BCUT2D eigenvalue weighted by Crippen LogP contribution is 2.13. The molecule has 8 heteroatoms. The second-order valence-corrected chi connectivity index (χ2v) is 16.3. The van der Waals surface area contributed by atoms with Crippen molar-refractivity contribution < 1.29 is 38.2 Å². The third-order valence-corrected chi connectivity index (χ3v) is 9.84. The van der Waals surface area contributed by atoms with Crippen LogP contribution in [0.4, 0.5) is 0 Å². The number of unbranched alkanes of at least 4 members (excludes halogenated alkanes) is 14. The van der Waals surface area contributed by atoms with Crippen molar-refractivity contribution in [2.75, 3.05) is 41.0 Å². The lowest BCUT2D eigenvalue weighted by Crippen LogP contribution is -2.50. The first-order chi connectivity index (χ1) is 28.1. The Labute approximate surface area is 355 Å². The smallest absolute Gasteiger partial charge is 0.362 e. The van der Waals surface area contributed by atoms with Crippen LogP contribution in [0.15, 0.2) is 72.9 Å². The zero-order valence-corrected chi connectivity index (χ0v) is 37.7. The number of carbonyl (C=O) groups excluding carboxylic acids is 2. The summed E-state index contributed by atoms with van der Waals surface area (Å²) in [7, 11) is 5.51. The lowest BCUT2D eigenvalue weighted by molar-refractivity contribution is -0.887. The van der Waals surface area contributed by atoms with Crippen molar-refractivity contribution in [1.29, 1.82) is 0 Å². The monoisotopic (exact) mass is 813 g/mol. The van der Waals surface area contributed by atoms with Gasteiger partial charge in [-0.2, -0.15) is 0 Å². The number of carbonyl (C=O) groups is 3. The average Bonchev–Trinajstić information content (AvgIpc) is 3.18. The molecular formula is C50H86NO7+. The van der Waals surface area contributed by atoms with Gasteiger partial charge in [-0.05, 0) is 83.5 Å². The van der Waals surface area contributed by atoms with E-state index in [-0.39, 0.29) is 36.2 Å². The van der Waals surface area contributed by atoms with Gasteiger partial charge in [0, 0.05) is 19.3 Å². The lowest BCUT2D eigenvalue weighted by atomic mass is 10.1. The fourth-order valence-electron chi connectivity index (χ4n) is 6.29. The molecule has 8 nitrogen and oxygen atoms in total. The first kappa shape index (κ1) is 54.8. The largest absolute Gasteiger partial charge is 0.477 e. The molecule has 2 atom stereocenters. The number of allylic oxidation sites excluding steroid dienone is 12. The molecule has 332 valence electrons. The van der Waals surface area contributed by atoms with Gasteiger partial charge < -0.3 is 23.8 Å². The number of ether oxygens (including phenoxy) is 3. The van der Waals surface area contributed by atoms with Gasteiger partial charge in [-0.25, -0.2) is 4.79 Å². The van der Waals surface area contributed by atoms with Crippen LogP contribution in [0.2, 0.25) is 0 Å². The van der Waals surface area contributed by atoms with Crippen molar-refractivity contribution in [3.8, 4) is 0 Å². The Hall–Kier alpha value is -3.23. The van der Waals surface area contributed by atoms with Crippen LogP contribution in [-0.2, 0) is 28.6 Å². The van der Waals surface area contributed by atoms with Crippen molar-refractivity contribution in [2.45, 2.75) is 187 Å². The van der Waals surface area contributed by atoms with E-state index in [1.807, 2.05) is 21.1 Å². The van der Waals surface area contributed by atoms with E-state index >= 15 is 0 Å². The molecule has 0 aromatic carbocycles. The Bertz CT molecular complexity index is 1180. The van der Waals surface area contributed by atoms with Gasteiger partial charge in [-0.3, -0.25) is 9.59 Å². The highest BCUT2D eigenvalue weighted by Gasteiger charge is 2.31. The summed E-state index contributed by atoms with van der Waals surface area (Å²) < 4.78 is 17.3. The molecule has 0 saturated heterocycles. The quantitative estimate of drug-likeness (QED) is 0.0285. The summed E-state index contributed by atoms with van der Waals surface area (Å²) in [6.45, 7) is 4.56. The van der Waals surface area contributed by atoms with Crippen molar-refractivity contribution in [3.63, 3.8) is 0 Å². The van der Waals surface area contributed by atoms with E-state index in [1.165, 1.54) is 64.2 Å². The number of likely N-dealkylation sites (N-methyl/N-ethyl adjacent to an activating group) is 1. The van der Waals surface area contributed by atoms with E-state index in [0.29, 0.717) is 19.3 Å². The Balaban J connectivity index is 4.40. The molecular weight excluding hydrogens is 727 g/mol. The summed E-state index contributed by atoms with van der Waals surface area (Å²) in [4.78, 5) is 37.0. The summed E-state index contributed by atoms with van der Waals surface area (Å²) in [5, 5.41) is 9.63. The standard InChI is InChI=1S/C50H85NO7/c1-6-8-10-12-14-16-18-20-22-23-24-25-27-28-30-32-34-36-38-40-48(52)57-45-46(44-56-43-42-47(50(54)55)51(3,4)5)58-49(53)41-39-37-35-33-31-29-26-21-19-17-15-13-11-9-7-2/h8,10,14,16-17,19-20,22,24-25,28,30,46-47H,6-7,9,11-13,15,18,21,23,26-27,29,31-45H2,1-5H3/p+1/b10-8+,16-14+,19-17+,22-20+,25-24+,30-28+. The molecule has 0 amide bonds. The summed E-state index contributed by atoms with van der Waals surface area (Å²) in [6, 6.07) is -0.623. The number of rotatable bonds is 40. The van der Waals surface area contributed by atoms with Crippen LogP contribution >= 0.6 is 0 Å². The predicted octanol–water partition coefficient (Wildman–Crippen LogP) is 12.7. The topological polar surface area (TPSA) is 99.1 Å². The third kappa shape index (κ3) is 38.3. The molecule has 58 heavy (non-hydrogen) atoms. The van der Waals surface area contributed by atoms with Gasteiger partial charge in [0.25, 0.3) is 0 Å². The molecule has 0 saturated carbocycles. The number of aliphatic carboxylic acids is 1. The summed E-state index contributed by atoms with van der Waals surface area (Å²) in [6.07, 6.45) is 50.8.